The maximum Gasteiger partial charge on any atom is 0.346 e. The standard InChI is InChI=1S/C29H30O11/c1-4-7-8-17-19(26(34)38-24(17)32)11-15(5-2)13-21-22(29(37)40-28(21)36)14-16(6-3)12-20-18(9-10-23(30)31)25(33)39-27(20)35/h7-8,12,15H,4-6,9-11,13-14H2,1-3H3,(H,30,31)/b8-7+,16-12+. The highest BCUT2D eigenvalue weighted by Crippen LogP contribution is 2.35. The number of carboxylic acid groups (broad SMARTS) is 1. The number of hydrogen-bond donors (Lipinski definition) is 1. The number of hydrogen-bond acceptors (Lipinski definition) is 10. The third-order valence-corrected chi connectivity index (χ3v) is 6.87. The van der Waals surface area contributed by atoms with Crippen LogP contribution in [-0.2, 0) is 47.8 Å². The molecule has 0 amide bonds. The lowest BCUT2D eigenvalue weighted by Crippen LogP contribution is -2.11. The smallest absolute Gasteiger partial charge is 0.346 e. The Bertz CT molecular complexity index is 1330. The minimum absolute atomic E-state index is 0.0578. The predicted octanol–water partition coefficient (Wildman–Crippen LogP) is 3.49. The summed E-state index contributed by atoms with van der Waals surface area (Å²) in [4.78, 5) is 85.1. The minimum Gasteiger partial charge on any atom is -0.481 e. The van der Waals surface area contributed by atoms with Gasteiger partial charge in [-0.2, -0.15) is 0 Å². The normalized spacial score (nSPS) is 18.9. The van der Waals surface area contributed by atoms with E-state index in [1.165, 1.54) is 6.08 Å². The number of esters is 6. The van der Waals surface area contributed by atoms with Crippen molar-refractivity contribution in [1.82, 2.24) is 0 Å². The van der Waals surface area contributed by atoms with Crippen LogP contribution in [0.15, 0.2) is 57.2 Å². The van der Waals surface area contributed by atoms with Gasteiger partial charge >= 0.3 is 41.8 Å². The Hall–Kier alpha value is -4.41. The van der Waals surface area contributed by atoms with E-state index >= 15 is 0 Å². The summed E-state index contributed by atoms with van der Waals surface area (Å²) >= 11 is 0. The van der Waals surface area contributed by atoms with Crippen molar-refractivity contribution in [3.8, 4) is 0 Å². The third-order valence-electron chi connectivity index (χ3n) is 6.87. The highest BCUT2D eigenvalue weighted by molar-refractivity contribution is 6.15. The summed E-state index contributed by atoms with van der Waals surface area (Å²) < 4.78 is 14.3. The quantitative estimate of drug-likeness (QED) is 0.190. The Morgan fingerprint density at radius 2 is 1.30 bits per heavy atom. The Morgan fingerprint density at radius 3 is 1.90 bits per heavy atom. The number of carbonyl (C=O) groups is 7. The van der Waals surface area contributed by atoms with Crippen LogP contribution in [0.1, 0.15) is 72.1 Å². The minimum atomic E-state index is -1.15. The molecular weight excluding hydrogens is 524 g/mol. The maximum absolute atomic E-state index is 12.6. The molecule has 0 spiro atoms. The second-order valence-corrected chi connectivity index (χ2v) is 9.49. The molecule has 0 aliphatic carbocycles. The SMILES string of the molecule is CC/C=C/C1=C(CC(CC)CC2=C(C/C(=C/C3=C(CCC(=O)O)C(=O)OC3=O)CC)C(=O)OC2=O)C(=O)OC1=O. The molecule has 212 valence electrons. The van der Waals surface area contributed by atoms with Crippen LogP contribution in [0.3, 0.4) is 0 Å². The third kappa shape index (κ3) is 6.77. The molecule has 1 N–H and O–H groups in total. The largest absolute Gasteiger partial charge is 0.481 e. The van der Waals surface area contributed by atoms with Crippen LogP contribution in [0, 0.1) is 5.92 Å². The fourth-order valence-electron chi connectivity index (χ4n) is 4.57. The summed E-state index contributed by atoms with van der Waals surface area (Å²) in [5.74, 6) is -6.39. The highest BCUT2D eigenvalue weighted by Gasteiger charge is 2.37. The molecule has 3 aliphatic heterocycles. The van der Waals surface area contributed by atoms with Crippen molar-refractivity contribution in [2.24, 2.45) is 5.92 Å². The van der Waals surface area contributed by atoms with Gasteiger partial charge in [0.15, 0.2) is 0 Å². The number of cyclic esters (lactones) is 6. The first kappa shape index (κ1) is 30.1. The molecule has 0 bridgehead atoms. The molecule has 40 heavy (non-hydrogen) atoms. The molecule has 3 aliphatic rings. The lowest BCUT2D eigenvalue weighted by molar-refractivity contribution is -0.152. The van der Waals surface area contributed by atoms with Gasteiger partial charge < -0.3 is 19.3 Å². The number of carbonyl (C=O) groups excluding carboxylic acids is 6. The molecule has 1 unspecified atom stereocenters. The van der Waals surface area contributed by atoms with E-state index in [2.05, 4.69) is 4.74 Å². The van der Waals surface area contributed by atoms with Gasteiger partial charge in [-0.25, -0.2) is 28.8 Å². The topological polar surface area (TPSA) is 167 Å². The van der Waals surface area contributed by atoms with Gasteiger partial charge in [0.2, 0.25) is 0 Å². The molecule has 11 heteroatoms. The summed E-state index contributed by atoms with van der Waals surface area (Å²) in [5.41, 5.74) is 0.964. The van der Waals surface area contributed by atoms with Crippen LogP contribution in [0.2, 0.25) is 0 Å². The Morgan fingerprint density at radius 1 is 0.750 bits per heavy atom. The van der Waals surface area contributed by atoms with Crippen molar-refractivity contribution < 1.29 is 52.9 Å². The second kappa shape index (κ2) is 13.1. The Balaban J connectivity index is 1.92. The molecule has 3 rings (SSSR count). The molecular formula is C29H30O11. The first-order chi connectivity index (χ1) is 19.0. The average molecular weight is 555 g/mol. The maximum atomic E-state index is 12.6. The van der Waals surface area contributed by atoms with Gasteiger partial charge in [-0.05, 0) is 44.1 Å². The van der Waals surface area contributed by atoms with Gasteiger partial charge in [0.05, 0.1) is 27.9 Å². The van der Waals surface area contributed by atoms with Gasteiger partial charge in [-0.3, -0.25) is 4.79 Å². The van der Waals surface area contributed by atoms with Crippen LogP contribution >= 0.6 is 0 Å². The molecule has 0 aromatic heterocycles. The lowest BCUT2D eigenvalue weighted by Gasteiger charge is -2.15. The van der Waals surface area contributed by atoms with Gasteiger partial charge in [0.1, 0.15) is 0 Å². The van der Waals surface area contributed by atoms with Crippen LogP contribution < -0.4 is 0 Å². The van der Waals surface area contributed by atoms with Crippen LogP contribution in [-0.4, -0.2) is 46.9 Å². The van der Waals surface area contributed by atoms with E-state index in [-0.39, 0.29) is 71.5 Å². The van der Waals surface area contributed by atoms with E-state index in [0.717, 1.165) is 0 Å². The van der Waals surface area contributed by atoms with Crippen LogP contribution in [0.5, 0.6) is 0 Å². The molecule has 0 saturated heterocycles. The Kier molecular flexibility index (Phi) is 9.87. The fourth-order valence-corrected chi connectivity index (χ4v) is 4.57. The van der Waals surface area contributed by atoms with Crippen molar-refractivity contribution in [3.05, 3.63) is 57.2 Å². The number of rotatable bonds is 14. The van der Waals surface area contributed by atoms with Crippen molar-refractivity contribution in [3.63, 3.8) is 0 Å². The molecule has 0 aromatic rings. The van der Waals surface area contributed by atoms with E-state index in [1.54, 1.807) is 19.1 Å². The Labute approximate surface area is 230 Å². The van der Waals surface area contributed by atoms with E-state index in [9.17, 15) is 33.6 Å². The zero-order valence-corrected chi connectivity index (χ0v) is 22.5. The number of aliphatic carboxylic acids is 1. The molecule has 3 heterocycles. The van der Waals surface area contributed by atoms with Crippen molar-refractivity contribution in [2.45, 2.75) is 72.1 Å². The number of allylic oxidation sites excluding steroid dienone is 2. The highest BCUT2D eigenvalue weighted by atomic mass is 16.6. The van der Waals surface area contributed by atoms with Gasteiger partial charge in [-0.15, -0.1) is 0 Å². The van der Waals surface area contributed by atoms with Crippen molar-refractivity contribution >= 4 is 41.8 Å². The second-order valence-electron chi connectivity index (χ2n) is 9.49. The molecule has 0 aromatic carbocycles. The fraction of sp³-hybridized carbons (Fsp3) is 0.414. The van der Waals surface area contributed by atoms with Crippen LogP contribution in [0.25, 0.3) is 0 Å². The van der Waals surface area contributed by atoms with E-state index < -0.39 is 41.8 Å². The molecule has 1 atom stereocenters. The average Bonchev–Trinajstić information content (AvgIpc) is 3.43. The van der Waals surface area contributed by atoms with Crippen molar-refractivity contribution in [2.75, 3.05) is 0 Å². The molecule has 0 fully saturated rings. The summed E-state index contributed by atoms with van der Waals surface area (Å²) in [6.45, 7) is 5.48. The first-order valence-electron chi connectivity index (χ1n) is 13.1. The van der Waals surface area contributed by atoms with Gasteiger partial charge in [0.25, 0.3) is 0 Å². The van der Waals surface area contributed by atoms with E-state index in [0.29, 0.717) is 24.8 Å². The summed E-state index contributed by atoms with van der Waals surface area (Å²) in [6.07, 6.45) is 5.76. The van der Waals surface area contributed by atoms with Gasteiger partial charge in [0, 0.05) is 18.4 Å². The molecule has 11 nitrogen and oxygen atoms in total. The van der Waals surface area contributed by atoms with E-state index in [1.807, 2.05) is 13.8 Å². The van der Waals surface area contributed by atoms with Gasteiger partial charge in [-0.1, -0.05) is 44.9 Å². The molecule has 0 saturated carbocycles. The zero-order valence-electron chi connectivity index (χ0n) is 22.5. The predicted molar refractivity (Wildman–Crippen MR) is 137 cm³/mol. The molecule has 0 radical (unpaired) electrons. The lowest BCUT2D eigenvalue weighted by atomic mass is 9.86. The summed E-state index contributed by atoms with van der Waals surface area (Å²) in [6, 6.07) is 0. The number of carboxylic acids is 1. The summed E-state index contributed by atoms with van der Waals surface area (Å²) in [7, 11) is 0. The monoisotopic (exact) mass is 554 g/mol. The zero-order chi connectivity index (χ0) is 29.6. The van der Waals surface area contributed by atoms with Crippen molar-refractivity contribution in [1.29, 1.82) is 0 Å². The van der Waals surface area contributed by atoms with Crippen LogP contribution in [0.4, 0.5) is 0 Å². The summed E-state index contributed by atoms with van der Waals surface area (Å²) in [5, 5.41) is 8.96. The first-order valence-corrected chi connectivity index (χ1v) is 13.1. The number of ether oxygens (including phenoxy) is 3. The van der Waals surface area contributed by atoms with E-state index in [4.69, 9.17) is 14.6 Å².